The molecular formula is C11H13F2NO. The molecule has 0 spiro atoms. The fourth-order valence-electron chi connectivity index (χ4n) is 1.97. The summed E-state index contributed by atoms with van der Waals surface area (Å²) in [6, 6.07) is 1.78. The second-order valence-corrected chi connectivity index (χ2v) is 3.95. The summed E-state index contributed by atoms with van der Waals surface area (Å²) in [5.74, 6) is -1.34. The number of phenolic OH excluding ortho intramolecular Hbond substituents is 1. The molecule has 4 heteroatoms. The van der Waals surface area contributed by atoms with E-state index in [9.17, 15) is 13.9 Å². The van der Waals surface area contributed by atoms with Crippen LogP contribution in [0.3, 0.4) is 0 Å². The van der Waals surface area contributed by atoms with Crippen molar-refractivity contribution >= 4 is 0 Å². The average Bonchev–Trinajstić information content (AvgIpc) is 2.63. The minimum Gasteiger partial charge on any atom is -0.507 e. The molecule has 2 rings (SSSR count). The van der Waals surface area contributed by atoms with Crippen molar-refractivity contribution in [2.45, 2.75) is 12.8 Å². The summed E-state index contributed by atoms with van der Waals surface area (Å²) < 4.78 is 26.1. The van der Waals surface area contributed by atoms with Crippen LogP contribution in [0.1, 0.15) is 12.0 Å². The average molecular weight is 213 g/mol. The molecule has 1 aromatic rings. The zero-order valence-electron chi connectivity index (χ0n) is 8.26. The van der Waals surface area contributed by atoms with Gasteiger partial charge in [0.1, 0.15) is 17.4 Å². The number of halogens is 2. The van der Waals surface area contributed by atoms with Gasteiger partial charge in [-0.1, -0.05) is 0 Å². The minimum atomic E-state index is -0.738. The maximum absolute atomic E-state index is 13.3. The standard InChI is InChI=1S/C11H13F2NO/c12-8-4-10(13)9(11(15)5-8)3-7-1-2-14-6-7/h4-5,7,14-15H,1-3,6H2. The number of aromatic hydroxyl groups is 1. The van der Waals surface area contributed by atoms with E-state index < -0.39 is 11.6 Å². The third-order valence-corrected chi connectivity index (χ3v) is 2.79. The van der Waals surface area contributed by atoms with Crippen LogP contribution in [-0.4, -0.2) is 18.2 Å². The lowest BCUT2D eigenvalue weighted by Crippen LogP contribution is -2.11. The molecule has 15 heavy (non-hydrogen) atoms. The number of rotatable bonds is 2. The van der Waals surface area contributed by atoms with Gasteiger partial charge in [0.25, 0.3) is 0 Å². The Hall–Kier alpha value is -1.16. The van der Waals surface area contributed by atoms with Gasteiger partial charge in [-0.25, -0.2) is 8.78 Å². The predicted octanol–water partition coefficient (Wildman–Crippen LogP) is 1.82. The largest absolute Gasteiger partial charge is 0.507 e. The zero-order chi connectivity index (χ0) is 10.8. The molecule has 0 radical (unpaired) electrons. The Morgan fingerprint density at radius 1 is 1.40 bits per heavy atom. The van der Waals surface area contributed by atoms with Gasteiger partial charge in [0, 0.05) is 17.7 Å². The molecule has 1 fully saturated rings. The molecule has 2 nitrogen and oxygen atoms in total. The highest BCUT2D eigenvalue weighted by Crippen LogP contribution is 2.26. The van der Waals surface area contributed by atoms with Gasteiger partial charge < -0.3 is 10.4 Å². The first kappa shape index (κ1) is 10.4. The van der Waals surface area contributed by atoms with Crippen LogP contribution in [0, 0.1) is 17.6 Å². The zero-order valence-corrected chi connectivity index (χ0v) is 8.26. The van der Waals surface area contributed by atoms with Crippen molar-refractivity contribution in [1.29, 1.82) is 0 Å². The van der Waals surface area contributed by atoms with Crippen LogP contribution in [0.25, 0.3) is 0 Å². The molecule has 1 unspecified atom stereocenters. The van der Waals surface area contributed by atoms with Crippen molar-refractivity contribution in [3.63, 3.8) is 0 Å². The Balaban J connectivity index is 2.19. The van der Waals surface area contributed by atoms with Gasteiger partial charge in [-0.05, 0) is 31.8 Å². The summed E-state index contributed by atoms with van der Waals surface area (Å²) in [5.41, 5.74) is 0.227. The van der Waals surface area contributed by atoms with E-state index in [4.69, 9.17) is 0 Å². The number of benzene rings is 1. The lowest BCUT2D eigenvalue weighted by Gasteiger charge is -2.10. The van der Waals surface area contributed by atoms with Crippen LogP contribution in [0.5, 0.6) is 5.75 Å². The van der Waals surface area contributed by atoms with E-state index in [2.05, 4.69) is 5.32 Å². The van der Waals surface area contributed by atoms with E-state index in [0.29, 0.717) is 12.3 Å². The Bertz CT molecular complexity index is 339. The Morgan fingerprint density at radius 3 is 2.80 bits per heavy atom. The van der Waals surface area contributed by atoms with Gasteiger partial charge in [0.2, 0.25) is 0 Å². The van der Waals surface area contributed by atoms with Crippen LogP contribution < -0.4 is 5.32 Å². The fraction of sp³-hybridized carbons (Fsp3) is 0.455. The van der Waals surface area contributed by atoms with Gasteiger partial charge in [0.15, 0.2) is 0 Å². The van der Waals surface area contributed by atoms with Crippen LogP contribution in [0.15, 0.2) is 12.1 Å². The van der Waals surface area contributed by atoms with Crippen molar-refractivity contribution < 1.29 is 13.9 Å². The minimum absolute atomic E-state index is 0.227. The number of hydrogen-bond acceptors (Lipinski definition) is 2. The summed E-state index contributed by atoms with van der Waals surface area (Å²) >= 11 is 0. The maximum Gasteiger partial charge on any atom is 0.133 e. The summed E-state index contributed by atoms with van der Waals surface area (Å²) in [4.78, 5) is 0. The normalized spacial score (nSPS) is 20.8. The summed E-state index contributed by atoms with van der Waals surface area (Å²) in [6.45, 7) is 1.75. The highest BCUT2D eigenvalue weighted by atomic mass is 19.1. The molecule has 1 aromatic carbocycles. The quantitative estimate of drug-likeness (QED) is 0.785. The molecule has 2 N–H and O–H groups in total. The first-order valence-corrected chi connectivity index (χ1v) is 5.04. The van der Waals surface area contributed by atoms with E-state index in [0.717, 1.165) is 31.6 Å². The monoisotopic (exact) mass is 213 g/mol. The molecule has 0 amide bonds. The second-order valence-electron chi connectivity index (χ2n) is 3.95. The summed E-state index contributed by atoms with van der Waals surface area (Å²) in [6.07, 6.45) is 1.43. The van der Waals surface area contributed by atoms with E-state index in [1.165, 1.54) is 0 Å². The molecule has 0 aromatic heterocycles. The molecule has 1 aliphatic rings. The summed E-state index contributed by atoms with van der Waals surface area (Å²) in [7, 11) is 0. The van der Waals surface area contributed by atoms with Gasteiger partial charge in [-0.3, -0.25) is 0 Å². The number of nitrogens with one attached hydrogen (secondary N) is 1. The predicted molar refractivity (Wildman–Crippen MR) is 52.7 cm³/mol. The molecule has 0 saturated carbocycles. The van der Waals surface area contributed by atoms with Crippen LogP contribution in [0.2, 0.25) is 0 Å². The van der Waals surface area contributed by atoms with Crippen LogP contribution >= 0.6 is 0 Å². The fourth-order valence-corrected chi connectivity index (χ4v) is 1.97. The van der Waals surface area contributed by atoms with Gasteiger partial charge >= 0.3 is 0 Å². The highest BCUT2D eigenvalue weighted by molar-refractivity contribution is 5.34. The van der Waals surface area contributed by atoms with E-state index >= 15 is 0 Å². The highest BCUT2D eigenvalue weighted by Gasteiger charge is 2.19. The van der Waals surface area contributed by atoms with Gasteiger partial charge in [-0.15, -0.1) is 0 Å². The third-order valence-electron chi connectivity index (χ3n) is 2.79. The number of hydrogen-bond donors (Lipinski definition) is 2. The Labute approximate surface area is 86.9 Å². The topological polar surface area (TPSA) is 32.3 Å². The molecule has 82 valence electrons. The van der Waals surface area contributed by atoms with Crippen LogP contribution in [-0.2, 0) is 6.42 Å². The Morgan fingerprint density at radius 2 is 2.20 bits per heavy atom. The lowest BCUT2D eigenvalue weighted by atomic mass is 9.97. The lowest BCUT2D eigenvalue weighted by molar-refractivity contribution is 0.438. The van der Waals surface area contributed by atoms with Gasteiger partial charge in [-0.2, -0.15) is 0 Å². The van der Waals surface area contributed by atoms with Crippen molar-refractivity contribution in [1.82, 2.24) is 5.32 Å². The van der Waals surface area contributed by atoms with Crippen LogP contribution in [0.4, 0.5) is 8.78 Å². The molecule has 1 saturated heterocycles. The number of phenols is 1. The van der Waals surface area contributed by atoms with E-state index in [1.807, 2.05) is 0 Å². The third kappa shape index (κ3) is 2.26. The molecule has 0 bridgehead atoms. The Kier molecular flexibility index (Phi) is 2.86. The SMILES string of the molecule is Oc1cc(F)cc(F)c1CC1CCNC1. The van der Waals surface area contributed by atoms with Crippen molar-refractivity contribution in [2.75, 3.05) is 13.1 Å². The first-order chi connectivity index (χ1) is 7.16. The van der Waals surface area contributed by atoms with Crippen molar-refractivity contribution in [3.8, 4) is 5.75 Å². The van der Waals surface area contributed by atoms with Gasteiger partial charge in [0.05, 0.1) is 0 Å². The smallest absolute Gasteiger partial charge is 0.133 e. The molecule has 1 atom stereocenters. The van der Waals surface area contributed by atoms with E-state index in [1.54, 1.807) is 0 Å². The molecule has 1 aliphatic heterocycles. The molecule has 0 aliphatic carbocycles. The molecule has 1 heterocycles. The summed E-state index contributed by atoms with van der Waals surface area (Å²) in [5, 5.41) is 12.6. The molecular weight excluding hydrogens is 200 g/mol. The second kappa shape index (κ2) is 4.14. The van der Waals surface area contributed by atoms with Crippen molar-refractivity contribution in [2.24, 2.45) is 5.92 Å². The first-order valence-electron chi connectivity index (χ1n) is 5.04. The van der Waals surface area contributed by atoms with E-state index in [-0.39, 0.29) is 11.3 Å². The van der Waals surface area contributed by atoms with Crippen molar-refractivity contribution in [3.05, 3.63) is 29.3 Å². The maximum atomic E-state index is 13.3.